The zero-order valence-electron chi connectivity index (χ0n) is 13.4. The number of thioether (sulfide) groups is 1. The quantitative estimate of drug-likeness (QED) is 0.709. The van der Waals surface area contributed by atoms with Crippen molar-refractivity contribution in [2.24, 2.45) is 0 Å². The van der Waals surface area contributed by atoms with Gasteiger partial charge in [0.1, 0.15) is 5.65 Å². The van der Waals surface area contributed by atoms with Crippen LogP contribution in [-0.4, -0.2) is 33.3 Å². The van der Waals surface area contributed by atoms with Crippen LogP contribution >= 0.6 is 11.8 Å². The van der Waals surface area contributed by atoms with E-state index in [-0.39, 0.29) is 0 Å². The lowest BCUT2D eigenvalue weighted by Crippen LogP contribution is -2.20. The van der Waals surface area contributed by atoms with Crippen molar-refractivity contribution >= 4 is 17.4 Å². The van der Waals surface area contributed by atoms with Crippen molar-refractivity contribution in [3.8, 4) is 0 Å². The molecule has 0 saturated carbocycles. The van der Waals surface area contributed by atoms with E-state index < -0.39 is 0 Å². The van der Waals surface area contributed by atoms with E-state index in [1.54, 1.807) is 4.91 Å². The maximum absolute atomic E-state index is 4.35. The topological polar surface area (TPSA) is 20.5 Å². The van der Waals surface area contributed by atoms with Crippen LogP contribution in [0.15, 0.2) is 41.6 Å². The molecule has 0 N–H and O–H groups in total. The number of hydrogen-bond acceptors (Lipinski definition) is 3. The summed E-state index contributed by atoms with van der Waals surface area (Å²) in [5, 5.41) is 0. The zero-order chi connectivity index (χ0) is 15.2. The third-order valence-corrected chi connectivity index (χ3v) is 5.30. The zero-order valence-corrected chi connectivity index (χ0v) is 14.2. The fourth-order valence-electron chi connectivity index (χ4n) is 2.91. The fourth-order valence-corrected chi connectivity index (χ4v) is 3.99. The highest BCUT2D eigenvalue weighted by Gasteiger charge is 2.15. The number of allylic oxidation sites excluding steroid dienone is 1. The third-order valence-electron chi connectivity index (χ3n) is 4.14. The summed E-state index contributed by atoms with van der Waals surface area (Å²) in [6.07, 6.45) is 12.5. The molecule has 0 spiro atoms. The van der Waals surface area contributed by atoms with Crippen LogP contribution in [0.5, 0.6) is 0 Å². The lowest BCUT2D eigenvalue weighted by Gasteiger charge is -2.13. The van der Waals surface area contributed by atoms with Gasteiger partial charge in [0.05, 0.1) is 0 Å². The first-order valence-corrected chi connectivity index (χ1v) is 9.30. The van der Waals surface area contributed by atoms with E-state index >= 15 is 0 Å². The molecule has 0 bridgehead atoms. The summed E-state index contributed by atoms with van der Waals surface area (Å²) in [5.74, 6) is 1.17. The Bertz CT molecular complexity index is 632. The predicted octanol–water partition coefficient (Wildman–Crippen LogP) is 4.35. The number of unbranched alkanes of at least 4 members (excludes halogenated alkanes) is 2. The van der Waals surface area contributed by atoms with E-state index in [9.17, 15) is 0 Å². The molecular weight excluding hydrogens is 290 g/mol. The highest BCUT2D eigenvalue weighted by Crippen LogP contribution is 2.27. The highest BCUT2D eigenvalue weighted by atomic mass is 32.2. The van der Waals surface area contributed by atoms with Gasteiger partial charge in [-0.25, -0.2) is 4.98 Å². The van der Waals surface area contributed by atoms with Gasteiger partial charge >= 0.3 is 0 Å². The van der Waals surface area contributed by atoms with Gasteiger partial charge in [-0.15, -0.1) is 11.8 Å². The van der Waals surface area contributed by atoms with Crippen molar-refractivity contribution in [1.29, 1.82) is 0 Å². The summed E-state index contributed by atoms with van der Waals surface area (Å²) in [6.45, 7) is 4.63. The monoisotopic (exact) mass is 315 g/mol. The van der Waals surface area contributed by atoms with Gasteiger partial charge in [-0.1, -0.05) is 25.5 Å². The molecule has 0 amide bonds. The minimum atomic E-state index is 1.05. The number of imidazole rings is 1. The molecule has 1 aliphatic rings. The number of aromatic nitrogens is 2. The molecule has 3 nitrogen and oxygen atoms in total. The molecule has 1 saturated heterocycles. The van der Waals surface area contributed by atoms with Gasteiger partial charge < -0.3 is 4.40 Å². The second-order valence-corrected chi connectivity index (χ2v) is 6.99. The van der Waals surface area contributed by atoms with Crippen molar-refractivity contribution in [3.63, 3.8) is 0 Å². The van der Waals surface area contributed by atoms with Crippen LogP contribution in [0.1, 0.15) is 38.3 Å². The van der Waals surface area contributed by atoms with Gasteiger partial charge in [-0.3, -0.25) is 4.90 Å². The van der Waals surface area contributed by atoms with Crippen LogP contribution in [0.4, 0.5) is 0 Å². The van der Waals surface area contributed by atoms with Crippen LogP contribution in [0.2, 0.25) is 0 Å². The maximum atomic E-state index is 4.35. The molecule has 3 rings (SSSR count). The summed E-state index contributed by atoms with van der Waals surface area (Å²) in [7, 11) is 0. The van der Waals surface area contributed by atoms with Crippen LogP contribution in [0.3, 0.4) is 0 Å². The number of pyridine rings is 1. The molecule has 4 heteroatoms. The minimum absolute atomic E-state index is 1.05. The summed E-state index contributed by atoms with van der Waals surface area (Å²) < 4.78 is 2.21. The van der Waals surface area contributed by atoms with Gasteiger partial charge in [-0.05, 0) is 49.3 Å². The Kier molecular flexibility index (Phi) is 5.57. The molecule has 0 radical (unpaired) electrons. The first-order valence-electron chi connectivity index (χ1n) is 8.32. The molecule has 2 aromatic heterocycles. The Morgan fingerprint density at radius 1 is 1.32 bits per heavy atom. The standard InChI is InChI=1S/C18H25N3S/c1-2-3-9-17-14-20(15-22-17)12-5-4-7-16-8-6-10-18-19-11-13-21(16)18/h6,8-11,13H,2-5,7,12,14-15H2,1H3. The van der Waals surface area contributed by atoms with Gasteiger partial charge in [0.25, 0.3) is 0 Å². The fraction of sp³-hybridized carbons (Fsp3) is 0.500. The molecule has 22 heavy (non-hydrogen) atoms. The van der Waals surface area contributed by atoms with Gasteiger partial charge in [0.15, 0.2) is 0 Å². The second-order valence-electron chi connectivity index (χ2n) is 5.91. The Hall–Kier alpha value is -1.26. The van der Waals surface area contributed by atoms with Crippen LogP contribution in [0.25, 0.3) is 5.65 Å². The van der Waals surface area contributed by atoms with Crippen LogP contribution in [0, 0.1) is 0 Å². The third kappa shape index (κ3) is 3.93. The average Bonchev–Trinajstić information content (AvgIpc) is 3.18. The predicted molar refractivity (Wildman–Crippen MR) is 95.2 cm³/mol. The lowest BCUT2D eigenvalue weighted by molar-refractivity contribution is 0.354. The van der Waals surface area contributed by atoms with E-state index in [1.165, 1.54) is 50.3 Å². The summed E-state index contributed by atoms with van der Waals surface area (Å²) in [4.78, 5) is 8.50. The first kappa shape index (κ1) is 15.6. The Labute approximate surface area is 137 Å². The van der Waals surface area contributed by atoms with Crippen molar-refractivity contribution < 1.29 is 0 Å². The molecule has 3 heterocycles. The molecule has 2 aromatic rings. The van der Waals surface area contributed by atoms with E-state index in [1.807, 2.05) is 18.0 Å². The Morgan fingerprint density at radius 2 is 2.27 bits per heavy atom. The molecule has 1 aliphatic heterocycles. The summed E-state index contributed by atoms with van der Waals surface area (Å²) in [5.41, 5.74) is 2.42. The summed E-state index contributed by atoms with van der Waals surface area (Å²) in [6, 6.07) is 6.39. The largest absolute Gasteiger partial charge is 0.304 e. The van der Waals surface area contributed by atoms with Crippen molar-refractivity contribution in [3.05, 3.63) is 47.3 Å². The normalized spacial score (nSPS) is 17.8. The SMILES string of the molecule is CCCC=C1CN(CCCCc2cccc3nccn23)CS1. The molecule has 0 aromatic carbocycles. The van der Waals surface area contributed by atoms with E-state index in [2.05, 4.69) is 51.7 Å². The van der Waals surface area contributed by atoms with E-state index in [0.717, 1.165) is 12.1 Å². The number of fused-ring (bicyclic) bond motifs is 1. The second kappa shape index (κ2) is 7.84. The highest BCUT2D eigenvalue weighted by molar-refractivity contribution is 8.03. The molecular formula is C18H25N3S. The number of hydrogen-bond donors (Lipinski definition) is 0. The van der Waals surface area contributed by atoms with Gasteiger partial charge in [-0.2, -0.15) is 0 Å². The minimum Gasteiger partial charge on any atom is -0.304 e. The lowest BCUT2D eigenvalue weighted by atomic mass is 10.1. The van der Waals surface area contributed by atoms with E-state index in [4.69, 9.17) is 0 Å². The molecule has 0 unspecified atom stereocenters. The first-order chi connectivity index (χ1) is 10.9. The Balaban J connectivity index is 1.42. The molecule has 118 valence electrons. The average molecular weight is 315 g/mol. The molecule has 1 fully saturated rings. The van der Waals surface area contributed by atoms with Crippen LogP contribution < -0.4 is 0 Å². The van der Waals surface area contributed by atoms with Crippen molar-refractivity contribution in [2.45, 2.75) is 39.0 Å². The van der Waals surface area contributed by atoms with Crippen molar-refractivity contribution in [1.82, 2.24) is 14.3 Å². The number of nitrogens with zero attached hydrogens (tertiary/aromatic N) is 3. The van der Waals surface area contributed by atoms with Gasteiger partial charge in [0, 0.05) is 30.5 Å². The Morgan fingerprint density at radius 3 is 3.18 bits per heavy atom. The van der Waals surface area contributed by atoms with Crippen molar-refractivity contribution in [2.75, 3.05) is 19.0 Å². The van der Waals surface area contributed by atoms with E-state index in [0.29, 0.717) is 0 Å². The molecule has 0 aliphatic carbocycles. The molecule has 0 atom stereocenters. The van der Waals surface area contributed by atoms with Crippen LogP contribution in [-0.2, 0) is 6.42 Å². The number of rotatable bonds is 7. The maximum Gasteiger partial charge on any atom is 0.136 e. The summed E-state index contributed by atoms with van der Waals surface area (Å²) >= 11 is 2.02. The number of aryl methyl sites for hydroxylation is 1. The smallest absolute Gasteiger partial charge is 0.136 e. The van der Waals surface area contributed by atoms with Gasteiger partial charge in [0.2, 0.25) is 0 Å².